The van der Waals surface area contributed by atoms with Crippen LogP contribution < -0.4 is 10.1 Å². The Morgan fingerprint density at radius 1 is 1.40 bits per heavy atom. The van der Waals surface area contributed by atoms with Gasteiger partial charge in [0.25, 0.3) is 5.91 Å². The van der Waals surface area contributed by atoms with E-state index in [0.717, 1.165) is 21.7 Å². The summed E-state index contributed by atoms with van der Waals surface area (Å²) < 4.78 is 13.6. The molecule has 0 fully saturated rings. The lowest BCUT2D eigenvalue weighted by atomic mass is 10.1. The Labute approximate surface area is 179 Å². The number of carbonyl (C=O) groups excluding carboxylic acids is 1. The molecule has 1 atom stereocenters. The molecule has 0 saturated carbocycles. The van der Waals surface area contributed by atoms with Gasteiger partial charge in [-0.1, -0.05) is 17.4 Å². The highest BCUT2D eigenvalue weighted by molar-refractivity contribution is 7.22. The van der Waals surface area contributed by atoms with E-state index in [4.69, 9.17) is 9.47 Å². The Kier molecular flexibility index (Phi) is 6.55. The van der Waals surface area contributed by atoms with Gasteiger partial charge in [0.15, 0.2) is 5.13 Å². The monoisotopic (exact) mass is 424 g/mol. The van der Waals surface area contributed by atoms with Crippen molar-refractivity contribution >= 4 is 38.7 Å². The molecule has 1 amide bonds. The molecule has 1 N–H and O–H groups in total. The van der Waals surface area contributed by atoms with E-state index >= 15 is 0 Å². The summed E-state index contributed by atoms with van der Waals surface area (Å²) in [5.41, 5.74) is 3.54. The number of nitriles is 1. The zero-order valence-electron chi connectivity index (χ0n) is 17.6. The first kappa shape index (κ1) is 21.6. The summed E-state index contributed by atoms with van der Waals surface area (Å²) in [5, 5.41) is 12.7. The fourth-order valence-corrected chi connectivity index (χ4v) is 4.43. The number of aryl methyl sites for hydroxylation is 1. The third-order valence-electron chi connectivity index (χ3n) is 4.86. The van der Waals surface area contributed by atoms with Gasteiger partial charge in [-0.2, -0.15) is 5.26 Å². The lowest BCUT2D eigenvalue weighted by Gasteiger charge is -2.17. The van der Waals surface area contributed by atoms with Crippen LogP contribution >= 0.6 is 11.3 Å². The van der Waals surface area contributed by atoms with E-state index in [1.165, 1.54) is 11.3 Å². The Morgan fingerprint density at radius 2 is 2.17 bits per heavy atom. The van der Waals surface area contributed by atoms with E-state index in [1.807, 2.05) is 44.2 Å². The van der Waals surface area contributed by atoms with Crippen molar-refractivity contribution in [3.05, 3.63) is 46.8 Å². The third kappa shape index (κ3) is 4.22. The number of anilines is 1. The number of para-hydroxylation sites is 1. The number of methoxy groups -OCH3 is 2. The number of ether oxygens (including phenoxy) is 2. The molecule has 1 unspecified atom stereocenters. The van der Waals surface area contributed by atoms with Crippen molar-refractivity contribution in [2.45, 2.75) is 26.8 Å². The van der Waals surface area contributed by atoms with Crippen LogP contribution in [0.15, 0.2) is 29.8 Å². The van der Waals surface area contributed by atoms with Crippen LogP contribution in [-0.4, -0.2) is 36.3 Å². The number of hydrogen-bond donors (Lipinski definition) is 1. The first-order valence-electron chi connectivity index (χ1n) is 9.43. The molecule has 0 aliphatic rings. The smallest absolute Gasteiger partial charge is 0.268 e. The molecule has 7 nitrogen and oxygen atoms in total. The second-order valence-electron chi connectivity index (χ2n) is 6.95. The number of nitrogens with one attached hydrogen (secondary N) is 1. The summed E-state index contributed by atoms with van der Waals surface area (Å²) in [4.78, 5) is 17.2. The molecule has 1 aromatic carbocycles. The minimum Gasteiger partial charge on any atom is -0.494 e. The number of rotatable bonds is 7. The van der Waals surface area contributed by atoms with Crippen molar-refractivity contribution in [3.63, 3.8) is 0 Å². The minimum atomic E-state index is -0.495. The quantitative estimate of drug-likeness (QED) is 0.446. The van der Waals surface area contributed by atoms with Crippen LogP contribution in [0.2, 0.25) is 0 Å². The number of fused-ring (bicyclic) bond motifs is 1. The SMILES string of the molecule is COCC(C)n1c(C)cc(/C=C(\C#N)C(=O)Nc2nc3c(OC)cccc3s2)c1C. The fourth-order valence-electron chi connectivity index (χ4n) is 3.55. The van der Waals surface area contributed by atoms with Gasteiger partial charge in [0, 0.05) is 18.5 Å². The Hall–Kier alpha value is -3.15. The minimum absolute atomic E-state index is 0.0147. The van der Waals surface area contributed by atoms with E-state index in [-0.39, 0.29) is 11.6 Å². The molecule has 0 saturated heterocycles. The van der Waals surface area contributed by atoms with Crippen LogP contribution in [0.4, 0.5) is 5.13 Å². The maximum absolute atomic E-state index is 12.7. The van der Waals surface area contributed by atoms with Crippen molar-refractivity contribution < 1.29 is 14.3 Å². The molecule has 0 radical (unpaired) electrons. The normalized spacial score (nSPS) is 12.6. The van der Waals surface area contributed by atoms with Crippen LogP contribution in [0.25, 0.3) is 16.3 Å². The van der Waals surface area contributed by atoms with Gasteiger partial charge < -0.3 is 14.0 Å². The molecule has 3 aromatic rings. The number of nitrogens with zero attached hydrogens (tertiary/aromatic N) is 3. The van der Waals surface area contributed by atoms with Crippen molar-refractivity contribution in [2.75, 3.05) is 26.1 Å². The molecule has 8 heteroatoms. The summed E-state index contributed by atoms with van der Waals surface area (Å²) in [5.74, 6) is 0.142. The first-order valence-corrected chi connectivity index (χ1v) is 10.2. The van der Waals surface area contributed by atoms with E-state index in [2.05, 4.69) is 21.8 Å². The number of carbonyl (C=O) groups is 1. The van der Waals surface area contributed by atoms with Crippen LogP contribution in [0.3, 0.4) is 0 Å². The van der Waals surface area contributed by atoms with Gasteiger partial charge in [-0.25, -0.2) is 4.98 Å². The average Bonchev–Trinajstić information content (AvgIpc) is 3.25. The van der Waals surface area contributed by atoms with Crippen molar-refractivity contribution in [1.29, 1.82) is 5.26 Å². The van der Waals surface area contributed by atoms with Crippen LogP contribution in [0, 0.1) is 25.2 Å². The lowest BCUT2D eigenvalue weighted by Crippen LogP contribution is -2.14. The van der Waals surface area contributed by atoms with E-state index in [1.54, 1.807) is 20.3 Å². The zero-order chi connectivity index (χ0) is 21.8. The van der Waals surface area contributed by atoms with Gasteiger partial charge in [-0.15, -0.1) is 0 Å². The van der Waals surface area contributed by atoms with Crippen LogP contribution in [-0.2, 0) is 9.53 Å². The summed E-state index contributed by atoms with van der Waals surface area (Å²) in [6.45, 7) is 6.61. The maximum atomic E-state index is 12.7. The highest BCUT2D eigenvalue weighted by Crippen LogP contribution is 2.32. The second kappa shape index (κ2) is 9.11. The molecule has 0 bridgehead atoms. The van der Waals surface area contributed by atoms with Gasteiger partial charge in [0.05, 0.1) is 24.5 Å². The standard InChI is InChI=1S/C22H24N4O3S/c1-13-9-16(15(3)26(13)14(2)12-28-4)10-17(11-23)21(27)25-22-24-20-18(29-5)7-6-8-19(20)30-22/h6-10,14H,12H2,1-5H3,(H,24,25,27)/b17-10+. The van der Waals surface area contributed by atoms with Crippen molar-refractivity contribution in [3.8, 4) is 11.8 Å². The third-order valence-corrected chi connectivity index (χ3v) is 5.80. The van der Waals surface area contributed by atoms with Crippen molar-refractivity contribution in [1.82, 2.24) is 9.55 Å². The van der Waals surface area contributed by atoms with Crippen LogP contribution in [0.1, 0.15) is 29.9 Å². The van der Waals surface area contributed by atoms with E-state index < -0.39 is 5.91 Å². The molecule has 2 aromatic heterocycles. The van der Waals surface area contributed by atoms with Gasteiger partial charge in [-0.3, -0.25) is 10.1 Å². The number of benzene rings is 1. The van der Waals surface area contributed by atoms with Crippen LogP contribution in [0.5, 0.6) is 5.75 Å². The summed E-state index contributed by atoms with van der Waals surface area (Å²) in [6, 6.07) is 9.70. The van der Waals surface area contributed by atoms with Gasteiger partial charge in [0.1, 0.15) is 22.9 Å². The number of hydrogen-bond acceptors (Lipinski definition) is 6. The van der Waals surface area contributed by atoms with Gasteiger partial charge in [0.2, 0.25) is 0 Å². The molecule has 30 heavy (non-hydrogen) atoms. The Balaban J connectivity index is 1.88. The molecular weight excluding hydrogens is 400 g/mol. The molecule has 156 valence electrons. The Bertz CT molecular complexity index is 1150. The fraction of sp³-hybridized carbons (Fsp3) is 0.318. The highest BCUT2D eigenvalue weighted by atomic mass is 32.1. The molecule has 2 heterocycles. The van der Waals surface area contributed by atoms with E-state index in [0.29, 0.717) is 23.0 Å². The summed E-state index contributed by atoms with van der Waals surface area (Å²) in [7, 11) is 3.24. The average molecular weight is 425 g/mol. The van der Waals surface area contributed by atoms with E-state index in [9.17, 15) is 10.1 Å². The number of amides is 1. The Morgan fingerprint density at radius 3 is 2.83 bits per heavy atom. The van der Waals surface area contributed by atoms with Gasteiger partial charge >= 0.3 is 0 Å². The summed E-state index contributed by atoms with van der Waals surface area (Å²) in [6.07, 6.45) is 1.61. The topological polar surface area (TPSA) is 89.2 Å². The molecule has 3 rings (SSSR count). The zero-order valence-corrected chi connectivity index (χ0v) is 18.5. The number of thiazole rings is 1. The maximum Gasteiger partial charge on any atom is 0.268 e. The predicted octanol–water partition coefficient (Wildman–Crippen LogP) is 4.48. The highest BCUT2D eigenvalue weighted by Gasteiger charge is 2.17. The van der Waals surface area contributed by atoms with Gasteiger partial charge in [-0.05, 0) is 50.6 Å². The van der Waals surface area contributed by atoms with Crippen molar-refractivity contribution in [2.24, 2.45) is 0 Å². The largest absolute Gasteiger partial charge is 0.494 e. The molecular formula is C22H24N4O3S. The predicted molar refractivity (Wildman–Crippen MR) is 119 cm³/mol. The molecule has 0 spiro atoms. The number of aromatic nitrogens is 2. The molecule has 0 aliphatic heterocycles. The second-order valence-corrected chi connectivity index (χ2v) is 7.98. The lowest BCUT2D eigenvalue weighted by molar-refractivity contribution is -0.112. The summed E-state index contributed by atoms with van der Waals surface area (Å²) >= 11 is 1.33. The first-order chi connectivity index (χ1) is 14.4. The molecule has 0 aliphatic carbocycles.